The number of likely N-dealkylation sites (tertiary alicyclic amines) is 2. The molecule has 0 bridgehead atoms. The summed E-state index contributed by atoms with van der Waals surface area (Å²) in [4.78, 5) is 5.17. The van der Waals surface area contributed by atoms with Crippen molar-refractivity contribution in [3.63, 3.8) is 0 Å². The summed E-state index contributed by atoms with van der Waals surface area (Å²) in [5.41, 5.74) is 0. The molecule has 0 N–H and O–H groups in total. The number of likely N-dealkylation sites (N-methyl/N-ethyl adjacent to an activating group) is 1. The first kappa shape index (κ1) is 8.52. The number of hydrogen-bond acceptors (Lipinski definition) is 2. The first-order valence-electron chi connectivity index (χ1n) is 5.29. The van der Waals surface area contributed by atoms with Crippen LogP contribution in [0.15, 0.2) is 0 Å². The summed E-state index contributed by atoms with van der Waals surface area (Å²) in [6.07, 6.45) is 5.70. The summed E-state index contributed by atoms with van der Waals surface area (Å²) < 4.78 is 0. The first-order chi connectivity index (χ1) is 5.86. The molecule has 0 aromatic carbocycles. The fraction of sp³-hybridized carbons (Fsp3) is 1.00. The predicted octanol–water partition coefficient (Wildman–Crippen LogP) is 1.18. The first-order valence-corrected chi connectivity index (χ1v) is 5.29. The number of rotatable bonds is 1. The van der Waals surface area contributed by atoms with Crippen LogP contribution in [0.5, 0.6) is 0 Å². The molecule has 0 amide bonds. The molecule has 2 aliphatic heterocycles. The Balaban J connectivity index is 1.85. The van der Waals surface area contributed by atoms with Crippen LogP contribution in [-0.2, 0) is 0 Å². The molecule has 0 aromatic rings. The third-order valence-electron chi connectivity index (χ3n) is 3.26. The lowest BCUT2D eigenvalue weighted by atomic mass is 10.1. The van der Waals surface area contributed by atoms with Gasteiger partial charge < -0.3 is 4.90 Å². The second-order valence-corrected chi connectivity index (χ2v) is 4.30. The monoisotopic (exact) mass is 168 g/mol. The minimum Gasteiger partial charge on any atom is -0.305 e. The fourth-order valence-corrected chi connectivity index (χ4v) is 2.54. The Hall–Kier alpha value is -0.0800. The number of hydrogen-bond donors (Lipinski definition) is 0. The van der Waals surface area contributed by atoms with Crippen LogP contribution in [0.25, 0.3) is 0 Å². The standard InChI is InChI=1S/C10H20N2/c1-11-6-4-5-10(9-11)12-7-2-3-8-12/h10H,2-9H2,1H3/t10-/m0/s1. The van der Waals surface area contributed by atoms with Gasteiger partial charge in [-0.1, -0.05) is 0 Å². The highest BCUT2D eigenvalue weighted by molar-refractivity contribution is 4.81. The van der Waals surface area contributed by atoms with Crippen LogP contribution in [0.1, 0.15) is 25.7 Å². The van der Waals surface area contributed by atoms with E-state index in [0.29, 0.717) is 0 Å². The van der Waals surface area contributed by atoms with E-state index in [1.165, 1.54) is 51.9 Å². The SMILES string of the molecule is CN1CCC[C@H](N2CCCC2)C1. The Morgan fingerprint density at radius 2 is 1.75 bits per heavy atom. The van der Waals surface area contributed by atoms with Gasteiger partial charge in [0.2, 0.25) is 0 Å². The maximum atomic E-state index is 2.69. The molecule has 2 nitrogen and oxygen atoms in total. The Bertz CT molecular complexity index is 141. The molecule has 2 rings (SSSR count). The lowest BCUT2D eigenvalue weighted by Gasteiger charge is -2.35. The highest BCUT2D eigenvalue weighted by atomic mass is 15.2. The van der Waals surface area contributed by atoms with Crippen LogP contribution < -0.4 is 0 Å². The van der Waals surface area contributed by atoms with E-state index in [0.717, 1.165) is 6.04 Å². The number of nitrogens with zero attached hydrogens (tertiary/aromatic N) is 2. The minimum atomic E-state index is 0.881. The van der Waals surface area contributed by atoms with E-state index in [9.17, 15) is 0 Å². The van der Waals surface area contributed by atoms with Crippen molar-refractivity contribution in [2.75, 3.05) is 33.2 Å². The highest BCUT2D eigenvalue weighted by Gasteiger charge is 2.25. The van der Waals surface area contributed by atoms with Crippen LogP contribution in [0.3, 0.4) is 0 Å². The predicted molar refractivity (Wildman–Crippen MR) is 51.3 cm³/mol. The summed E-state index contributed by atoms with van der Waals surface area (Å²) in [7, 11) is 2.25. The van der Waals surface area contributed by atoms with E-state index in [1.807, 2.05) is 0 Å². The van der Waals surface area contributed by atoms with Crippen molar-refractivity contribution >= 4 is 0 Å². The summed E-state index contributed by atoms with van der Waals surface area (Å²) in [5.74, 6) is 0. The molecule has 2 fully saturated rings. The molecule has 2 aliphatic rings. The quantitative estimate of drug-likeness (QED) is 0.580. The molecule has 70 valence electrons. The number of piperidine rings is 1. The molecule has 0 aliphatic carbocycles. The van der Waals surface area contributed by atoms with Gasteiger partial charge >= 0.3 is 0 Å². The van der Waals surface area contributed by atoms with Gasteiger partial charge in [0.05, 0.1) is 0 Å². The van der Waals surface area contributed by atoms with Crippen molar-refractivity contribution in [2.24, 2.45) is 0 Å². The zero-order chi connectivity index (χ0) is 8.39. The second-order valence-electron chi connectivity index (χ2n) is 4.30. The van der Waals surface area contributed by atoms with Gasteiger partial charge in [-0.3, -0.25) is 4.90 Å². The Labute approximate surface area is 75.5 Å². The molecule has 2 saturated heterocycles. The third-order valence-corrected chi connectivity index (χ3v) is 3.26. The topological polar surface area (TPSA) is 6.48 Å². The zero-order valence-corrected chi connectivity index (χ0v) is 8.13. The summed E-state index contributed by atoms with van der Waals surface area (Å²) in [5, 5.41) is 0. The third kappa shape index (κ3) is 1.80. The fourth-order valence-electron chi connectivity index (χ4n) is 2.54. The molecule has 0 spiro atoms. The Morgan fingerprint density at radius 1 is 1.00 bits per heavy atom. The molecular formula is C10H20N2. The van der Waals surface area contributed by atoms with Gasteiger partial charge in [-0.2, -0.15) is 0 Å². The lowest BCUT2D eigenvalue weighted by Crippen LogP contribution is -2.45. The lowest BCUT2D eigenvalue weighted by molar-refractivity contribution is 0.134. The molecule has 2 heteroatoms. The Kier molecular flexibility index (Phi) is 2.66. The maximum absolute atomic E-state index is 2.69. The van der Waals surface area contributed by atoms with Crippen molar-refractivity contribution in [1.82, 2.24) is 9.80 Å². The molecule has 1 atom stereocenters. The average molecular weight is 168 g/mol. The summed E-state index contributed by atoms with van der Waals surface area (Å²) >= 11 is 0. The van der Waals surface area contributed by atoms with Crippen molar-refractivity contribution in [2.45, 2.75) is 31.7 Å². The van der Waals surface area contributed by atoms with Crippen molar-refractivity contribution in [1.29, 1.82) is 0 Å². The summed E-state index contributed by atoms with van der Waals surface area (Å²) in [6.45, 7) is 5.33. The van der Waals surface area contributed by atoms with E-state index in [1.54, 1.807) is 0 Å². The van der Waals surface area contributed by atoms with Gasteiger partial charge in [0.25, 0.3) is 0 Å². The van der Waals surface area contributed by atoms with Gasteiger partial charge in [-0.05, 0) is 52.4 Å². The van der Waals surface area contributed by atoms with Crippen LogP contribution in [0.4, 0.5) is 0 Å². The second kappa shape index (κ2) is 3.75. The van der Waals surface area contributed by atoms with Crippen LogP contribution >= 0.6 is 0 Å². The zero-order valence-electron chi connectivity index (χ0n) is 8.13. The summed E-state index contributed by atoms with van der Waals surface area (Å²) in [6, 6.07) is 0.881. The van der Waals surface area contributed by atoms with Crippen molar-refractivity contribution in [3.05, 3.63) is 0 Å². The molecule has 12 heavy (non-hydrogen) atoms. The molecule has 0 saturated carbocycles. The molecule has 0 unspecified atom stereocenters. The molecular weight excluding hydrogens is 148 g/mol. The highest BCUT2D eigenvalue weighted by Crippen LogP contribution is 2.19. The van der Waals surface area contributed by atoms with Gasteiger partial charge in [0.1, 0.15) is 0 Å². The van der Waals surface area contributed by atoms with Crippen molar-refractivity contribution in [3.8, 4) is 0 Å². The minimum absolute atomic E-state index is 0.881. The van der Waals surface area contributed by atoms with Crippen LogP contribution in [-0.4, -0.2) is 49.1 Å². The normalized spacial score (nSPS) is 34.2. The van der Waals surface area contributed by atoms with Gasteiger partial charge in [-0.15, -0.1) is 0 Å². The smallest absolute Gasteiger partial charge is 0.0223 e. The largest absolute Gasteiger partial charge is 0.305 e. The van der Waals surface area contributed by atoms with E-state index in [2.05, 4.69) is 16.8 Å². The van der Waals surface area contributed by atoms with Gasteiger partial charge in [0, 0.05) is 12.6 Å². The molecule has 2 heterocycles. The van der Waals surface area contributed by atoms with E-state index in [4.69, 9.17) is 0 Å². The maximum Gasteiger partial charge on any atom is 0.0223 e. The van der Waals surface area contributed by atoms with Gasteiger partial charge in [0.15, 0.2) is 0 Å². The van der Waals surface area contributed by atoms with Crippen molar-refractivity contribution < 1.29 is 0 Å². The van der Waals surface area contributed by atoms with Crippen LogP contribution in [0, 0.1) is 0 Å². The average Bonchev–Trinajstić information content (AvgIpc) is 2.56. The van der Waals surface area contributed by atoms with E-state index < -0.39 is 0 Å². The van der Waals surface area contributed by atoms with Crippen LogP contribution in [0.2, 0.25) is 0 Å². The van der Waals surface area contributed by atoms with Gasteiger partial charge in [-0.25, -0.2) is 0 Å². The Morgan fingerprint density at radius 3 is 2.42 bits per heavy atom. The van der Waals surface area contributed by atoms with E-state index >= 15 is 0 Å². The molecule has 0 aromatic heterocycles. The molecule has 0 radical (unpaired) electrons. The van der Waals surface area contributed by atoms with E-state index in [-0.39, 0.29) is 0 Å².